The zero-order valence-electron chi connectivity index (χ0n) is 10.3. The van der Waals surface area contributed by atoms with Crippen molar-refractivity contribution in [3.63, 3.8) is 0 Å². The summed E-state index contributed by atoms with van der Waals surface area (Å²) in [5.74, 6) is 0.965. The predicted molar refractivity (Wildman–Crippen MR) is 71.0 cm³/mol. The summed E-state index contributed by atoms with van der Waals surface area (Å²) in [4.78, 5) is 4.01. The second-order valence-electron chi connectivity index (χ2n) is 4.47. The first-order valence-corrected chi connectivity index (χ1v) is 6.38. The monoisotopic (exact) mass is 243 g/mol. The number of aryl methyl sites for hydroxylation is 1. The van der Waals surface area contributed by atoms with E-state index in [1.165, 1.54) is 17.7 Å². The van der Waals surface area contributed by atoms with Crippen molar-refractivity contribution in [2.45, 2.75) is 19.4 Å². The van der Waals surface area contributed by atoms with Crippen molar-refractivity contribution in [2.75, 3.05) is 18.5 Å². The molecule has 1 aromatic carbocycles. The fourth-order valence-corrected chi connectivity index (χ4v) is 2.28. The van der Waals surface area contributed by atoms with E-state index in [9.17, 15) is 0 Å². The smallest absolute Gasteiger partial charge is 0.142 e. The predicted octanol–water partition coefficient (Wildman–Crippen LogP) is 2.32. The van der Waals surface area contributed by atoms with E-state index >= 15 is 0 Å². The standard InChI is InChI=1S/C14H17N3O/c1-3-12-4-2-6-16-14(12)13(5-1)18-10-9-17-8-7-15-11-17/h1,3,5,7-8,11,16H,2,4,6,9-10H2. The van der Waals surface area contributed by atoms with E-state index in [2.05, 4.69) is 22.4 Å². The van der Waals surface area contributed by atoms with Gasteiger partial charge in [0.15, 0.2) is 0 Å². The Kier molecular flexibility index (Phi) is 3.17. The van der Waals surface area contributed by atoms with Crippen molar-refractivity contribution in [1.29, 1.82) is 0 Å². The summed E-state index contributed by atoms with van der Waals surface area (Å²) in [6.45, 7) is 2.52. The molecule has 0 spiro atoms. The van der Waals surface area contributed by atoms with E-state index in [-0.39, 0.29) is 0 Å². The van der Waals surface area contributed by atoms with Crippen LogP contribution in [0.5, 0.6) is 5.75 Å². The third kappa shape index (κ3) is 2.32. The fraction of sp³-hybridized carbons (Fsp3) is 0.357. The molecule has 1 aliphatic heterocycles. The molecule has 0 bridgehead atoms. The van der Waals surface area contributed by atoms with Crippen LogP contribution in [-0.4, -0.2) is 22.7 Å². The molecule has 0 aliphatic carbocycles. The quantitative estimate of drug-likeness (QED) is 0.895. The van der Waals surface area contributed by atoms with Gasteiger partial charge >= 0.3 is 0 Å². The van der Waals surface area contributed by atoms with Crippen LogP contribution in [0.25, 0.3) is 0 Å². The van der Waals surface area contributed by atoms with E-state index in [1.807, 2.05) is 23.2 Å². The summed E-state index contributed by atoms with van der Waals surface area (Å²) >= 11 is 0. The number of hydrogen-bond acceptors (Lipinski definition) is 3. The summed E-state index contributed by atoms with van der Waals surface area (Å²) in [5.41, 5.74) is 2.54. The number of ether oxygens (including phenoxy) is 1. The molecule has 18 heavy (non-hydrogen) atoms. The van der Waals surface area contributed by atoms with Gasteiger partial charge in [0.1, 0.15) is 12.4 Å². The van der Waals surface area contributed by atoms with Crippen LogP contribution < -0.4 is 10.1 Å². The summed E-state index contributed by atoms with van der Waals surface area (Å²) in [6, 6.07) is 6.27. The van der Waals surface area contributed by atoms with E-state index in [4.69, 9.17) is 4.74 Å². The third-order valence-electron chi connectivity index (χ3n) is 3.20. The van der Waals surface area contributed by atoms with Gasteiger partial charge in [0.2, 0.25) is 0 Å². The van der Waals surface area contributed by atoms with Crippen LogP contribution in [0.4, 0.5) is 5.69 Å². The highest BCUT2D eigenvalue weighted by Gasteiger charge is 2.12. The largest absolute Gasteiger partial charge is 0.490 e. The molecule has 0 fully saturated rings. The van der Waals surface area contributed by atoms with Crippen molar-refractivity contribution in [1.82, 2.24) is 9.55 Å². The molecule has 0 saturated carbocycles. The highest BCUT2D eigenvalue weighted by Crippen LogP contribution is 2.31. The number of hydrogen-bond donors (Lipinski definition) is 1. The first kappa shape index (κ1) is 11.1. The highest BCUT2D eigenvalue weighted by molar-refractivity contribution is 5.63. The van der Waals surface area contributed by atoms with Crippen LogP contribution in [0, 0.1) is 0 Å². The second-order valence-corrected chi connectivity index (χ2v) is 4.47. The second kappa shape index (κ2) is 5.12. The van der Waals surface area contributed by atoms with Crippen molar-refractivity contribution >= 4 is 5.69 Å². The first-order chi connectivity index (χ1) is 8.93. The van der Waals surface area contributed by atoms with Gasteiger partial charge in [-0.2, -0.15) is 0 Å². The molecule has 1 aromatic heterocycles. The minimum absolute atomic E-state index is 0.661. The van der Waals surface area contributed by atoms with E-state index < -0.39 is 0 Å². The van der Waals surface area contributed by atoms with Crippen LogP contribution >= 0.6 is 0 Å². The van der Waals surface area contributed by atoms with Crippen molar-refractivity contribution < 1.29 is 4.74 Å². The number of aromatic nitrogens is 2. The maximum absolute atomic E-state index is 5.87. The Bertz CT molecular complexity index is 508. The molecular weight excluding hydrogens is 226 g/mol. The van der Waals surface area contributed by atoms with Crippen molar-refractivity contribution in [3.05, 3.63) is 42.5 Å². The van der Waals surface area contributed by atoms with Crippen LogP contribution in [-0.2, 0) is 13.0 Å². The summed E-state index contributed by atoms with van der Waals surface area (Å²) in [6.07, 6.45) is 7.88. The van der Waals surface area contributed by atoms with Crippen LogP contribution in [0.1, 0.15) is 12.0 Å². The van der Waals surface area contributed by atoms with Gasteiger partial charge in [0.05, 0.1) is 18.6 Å². The molecule has 1 N–H and O–H groups in total. The lowest BCUT2D eigenvalue weighted by molar-refractivity contribution is 0.299. The van der Waals surface area contributed by atoms with E-state index in [0.717, 1.165) is 25.3 Å². The molecule has 0 amide bonds. The Hall–Kier alpha value is -1.97. The molecule has 4 heteroatoms. The highest BCUT2D eigenvalue weighted by atomic mass is 16.5. The molecule has 2 aromatic rings. The zero-order valence-corrected chi connectivity index (χ0v) is 10.3. The summed E-state index contributed by atoms with van der Waals surface area (Å²) < 4.78 is 7.88. The van der Waals surface area contributed by atoms with E-state index in [1.54, 1.807) is 6.20 Å². The number of nitrogens with zero attached hydrogens (tertiary/aromatic N) is 2. The van der Waals surface area contributed by atoms with Gasteiger partial charge in [0.25, 0.3) is 0 Å². The van der Waals surface area contributed by atoms with Gasteiger partial charge in [-0.3, -0.25) is 0 Å². The SMILES string of the molecule is c1cc2c(c(OCCn3ccnc3)c1)NCCC2. The minimum Gasteiger partial charge on any atom is -0.490 e. The number of imidazole rings is 1. The Morgan fingerprint density at radius 3 is 3.28 bits per heavy atom. The normalized spacial score (nSPS) is 13.8. The average molecular weight is 243 g/mol. The summed E-state index contributed by atoms with van der Waals surface area (Å²) in [5, 5.41) is 3.43. The molecule has 94 valence electrons. The number of rotatable bonds is 4. The van der Waals surface area contributed by atoms with Gasteiger partial charge in [-0.05, 0) is 24.5 Å². The number of fused-ring (bicyclic) bond motifs is 1. The van der Waals surface area contributed by atoms with Gasteiger partial charge in [-0.15, -0.1) is 0 Å². The van der Waals surface area contributed by atoms with Crippen molar-refractivity contribution in [3.8, 4) is 5.75 Å². The van der Waals surface area contributed by atoms with E-state index in [0.29, 0.717) is 6.61 Å². The number of para-hydroxylation sites is 1. The Morgan fingerprint density at radius 1 is 1.39 bits per heavy atom. The molecule has 0 unspecified atom stereocenters. The molecule has 4 nitrogen and oxygen atoms in total. The Morgan fingerprint density at radius 2 is 2.39 bits per heavy atom. The average Bonchev–Trinajstić information content (AvgIpc) is 2.92. The number of benzene rings is 1. The lowest BCUT2D eigenvalue weighted by Gasteiger charge is -2.21. The summed E-state index contributed by atoms with van der Waals surface area (Å²) in [7, 11) is 0. The topological polar surface area (TPSA) is 39.1 Å². The lowest BCUT2D eigenvalue weighted by atomic mass is 10.0. The molecule has 1 aliphatic rings. The molecule has 0 radical (unpaired) electrons. The maximum Gasteiger partial charge on any atom is 0.142 e. The van der Waals surface area contributed by atoms with Crippen LogP contribution in [0.2, 0.25) is 0 Å². The molecule has 0 atom stereocenters. The lowest BCUT2D eigenvalue weighted by Crippen LogP contribution is -2.14. The third-order valence-corrected chi connectivity index (χ3v) is 3.20. The molecular formula is C14H17N3O. The van der Waals surface area contributed by atoms with Crippen LogP contribution in [0.3, 0.4) is 0 Å². The zero-order chi connectivity index (χ0) is 12.2. The van der Waals surface area contributed by atoms with Gasteiger partial charge in [-0.1, -0.05) is 12.1 Å². The molecule has 0 saturated heterocycles. The van der Waals surface area contributed by atoms with Gasteiger partial charge in [0, 0.05) is 18.9 Å². The molecule has 2 heterocycles. The Balaban J connectivity index is 1.65. The Labute approximate surface area is 107 Å². The fourth-order valence-electron chi connectivity index (χ4n) is 2.28. The number of nitrogens with one attached hydrogen (secondary N) is 1. The van der Waals surface area contributed by atoms with Crippen LogP contribution in [0.15, 0.2) is 36.9 Å². The van der Waals surface area contributed by atoms with Gasteiger partial charge in [-0.25, -0.2) is 4.98 Å². The van der Waals surface area contributed by atoms with Crippen molar-refractivity contribution in [2.24, 2.45) is 0 Å². The maximum atomic E-state index is 5.87. The number of anilines is 1. The van der Waals surface area contributed by atoms with Gasteiger partial charge < -0.3 is 14.6 Å². The molecule has 3 rings (SSSR count). The first-order valence-electron chi connectivity index (χ1n) is 6.38. The minimum atomic E-state index is 0.661.